The first kappa shape index (κ1) is 21.6. The monoisotopic (exact) mass is 429 g/mol. The Hall–Kier alpha value is -3.66. The minimum atomic E-state index is -0.236. The Bertz CT molecular complexity index is 1140. The fourth-order valence-electron chi connectivity index (χ4n) is 3.79. The molecule has 0 saturated carbocycles. The van der Waals surface area contributed by atoms with Crippen molar-refractivity contribution in [3.05, 3.63) is 65.5 Å². The van der Waals surface area contributed by atoms with Crippen LogP contribution in [0.5, 0.6) is 0 Å². The molecule has 1 fully saturated rings. The Morgan fingerprint density at radius 2 is 1.78 bits per heavy atom. The lowest BCUT2D eigenvalue weighted by Gasteiger charge is -2.24. The summed E-state index contributed by atoms with van der Waals surface area (Å²) in [6.07, 6.45) is 0.864. The number of hydrogen-bond donors (Lipinski definition) is 0. The number of amides is 1. The van der Waals surface area contributed by atoms with Gasteiger partial charge in [-0.25, -0.2) is 0 Å². The van der Waals surface area contributed by atoms with Crippen molar-refractivity contribution in [1.82, 2.24) is 15.0 Å². The molecule has 7 heteroatoms. The van der Waals surface area contributed by atoms with Crippen molar-refractivity contribution < 1.29 is 9.32 Å². The number of aromatic nitrogens is 2. The predicted octanol–water partition coefficient (Wildman–Crippen LogP) is 4.26. The smallest absolute Gasteiger partial charge is 0.258 e. The Labute approximate surface area is 188 Å². The first-order valence-corrected chi connectivity index (χ1v) is 10.8. The molecule has 1 aromatic heterocycles. The maximum Gasteiger partial charge on any atom is 0.258 e. The molecule has 1 amide bonds. The van der Waals surface area contributed by atoms with Gasteiger partial charge in [-0.3, -0.25) is 4.79 Å². The van der Waals surface area contributed by atoms with Gasteiger partial charge in [0.05, 0.1) is 22.8 Å². The van der Waals surface area contributed by atoms with Gasteiger partial charge < -0.3 is 14.3 Å². The number of carbonyl (C=O) groups excluding carboxylic acids is 1. The maximum atomic E-state index is 13.5. The molecule has 1 aliphatic rings. The van der Waals surface area contributed by atoms with Crippen molar-refractivity contribution in [3.8, 4) is 17.5 Å². The summed E-state index contributed by atoms with van der Waals surface area (Å²) in [6.45, 7) is 8.95. The van der Waals surface area contributed by atoms with Gasteiger partial charge in [-0.15, -0.1) is 0 Å². The van der Waals surface area contributed by atoms with Crippen molar-refractivity contribution in [3.63, 3.8) is 0 Å². The number of nitrogens with zero attached hydrogens (tertiary/aromatic N) is 5. The molecule has 4 rings (SSSR count). The quantitative estimate of drug-likeness (QED) is 0.618. The van der Waals surface area contributed by atoms with E-state index in [0.29, 0.717) is 41.5 Å². The van der Waals surface area contributed by atoms with E-state index in [1.807, 2.05) is 74.2 Å². The highest BCUT2D eigenvalue weighted by Gasteiger charge is 2.26. The molecule has 2 heterocycles. The predicted molar refractivity (Wildman–Crippen MR) is 122 cm³/mol. The summed E-state index contributed by atoms with van der Waals surface area (Å²) >= 11 is 0. The zero-order chi connectivity index (χ0) is 22.7. The normalized spacial score (nSPS) is 14.7. The second-order valence-corrected chi connectivity index (χ2v) is 9.01. The molecule has 0 aliphatic carbocycles. The van der Waals surface area contributed by atoms with Crippen LogP contribution in [0.2, 0.25) is 0 Å². The summed E-state index contributed by atoms with van der Waals surface area (Å²) < 4.78 is 5.51. The van der Waals surface area contributed by atoms with Crippen molar-refractivity contribution in [2.75, 3.05) is 31.1 Å². The summed E-state index contributed by atoms with van der Waals surface area (Å²) in [5, 5.41) is 13.1. The number of anilines is 1. The van der Waals surface area contributed by atoms with Gasteiger partial charge in [0, 0.05) is 37.3 Å². The molecule has 0 spiro atoms. The molecule has 0 atom stereocenters. The lowest BCUT2D eigenvalue weighted by atomic mass is 9.96. The first-order valence-electron chi connectivity index (χ1n) is 10.8. The summed E-state index contributed by atoms with van der Waals surface area (Å²) in [6, 6.07) is 17.2. The average molecular weight is 430 g/mol. The maximum absolute atomic E-state index is 13.5. The minimum absolute atomic E-state index is 0.0298. The van der Waals surface area contributed by atoms with Gasteiger partial charge in [0.2, 0.25) is 0 Å². The highest BCUT2D eigenvalue weighted by atomic mass is 16.5. The second-order valence-electron chi connectivity index (χ2n) is 9.01. The molecule has 2 aromatic carbocycles. The third-order valence-corrected chi connectivity index (χ3v) is 5.63. The molecule has 0 N–H and O–H groups in total. The van der Waals surface area contributed by atoms with Gasteiger partial charge >= 0.3 is 0 Å². The SMILES string of the molecule is CC(C)(C)c1noc(-c2ccccc2C(=O)N2CCCN(c3ccc(C#N)cc3)CC2)n1. The van der Waals surface area contributed by atoms with E-state index in [0.717, 1.165) is 25.2 Å². The first-order chi connectivity index (χ1) is 15.4. The largest absolute Gasteiger partial charge is 0.370 e. The molecule has 0 unspecified atom stereocenters. The van der Waals surface area contributed by atoms with Gasteiger partial charge in [0.25, 0.3) is 11.8 Å². The van der Waals surface area contributed by atoms with Crippen LogP contribution in [0.15, 0.2) is 53.1 Å². The molecule has 32 heavy (non-hydrogen) atoms. The topological polar surface area (TPSA) is 86.3 Å². The third kappa shape index (κ3) is 4.50. The number of hydrogen-bond acceptors (Lipinski definition) is 6. The molecule has 7 nitrogen and oxygen atoms in total. The highest BCUT2D eigenvalue weighted by Crippen LogP contribution is 2.27. The van der Waals surface area contributed by atoms with Crippen LogP contribution in [0.25, 0.3) is 11.5 Å². The highest BCUT2D eigenvalue weighted by molar-refractivity contribution is 6.00. The molecular weight excluding hydrogens is 402 g/mol. The Morgan fingerprint density at radius 3 is 2.47 bits per heavy atom. The zero-order valence-electron chi connectivity index (χ0n) is 18.7. The zero-order valence-corrected chi connectivity index (χ0v) is 18.7. The van der Waals surface area contributed by atoms with Crippen LogP contribution >= 0.6 is 0 Å². The summed E-state index contributed by atoms with van der Waals surface area (Å²) in [5.41, 5.74) is 2.71. The fourth-order valence-corrected chi connectivity index (χ4v) is 3.79. The molecule has 164 valence electrons. The standard InChI is InChI=1S/C25H27N5O2/c1-25(2,3)24-27-22(32-28-24)20-7-4-5-8-21(20)23(31)30-14-6-13-29(15-16-30)19-11-9-18(17-26)10-12-19/h4-5,7-12H,6,13-16H2,1-3H3. The van der Waals surface area contributed by atoms with Crippen molar-refractivity contribution >= 4 is 11.6 Å². The summed E-state index contributed by atoms with van der Waals surface area (Å²) in [5.74, 6) is 0.952. The molecule has 0 bridgehead atoms. The van der Waals surface area contributed by atoms with Crippen LogP contribution in [0.1, 0.15) is 48.9 Å². The van der Waals surface area contributed by atoms with Crippen LogP contribution in [-0.2, 0) is 5.41 Å². The lowest BCUT2D eigenvalue weighted by molar-refractivity contribution is 0.0767. The van der Waals surface area contributed by atoms with Gasteiger partial charge in [0.1, 0.15) is 0 Å². The Morgan fingerprint density at radius 1 is 1.03 bits per heavy atom. The van der Waals surface area contributed by atoms with Crippen molar-refractivity contribution in [2.45, 2.75) is 32.6 Å². The summed E-state index contributed by atoms with van der Waals surface area (Å²) in [4.78, 5) is 22.2. The molecule has 1 aliphatic heterocycles. The summed E-state index contributed by atoms with van der Waals surface area (Å²) in [7, 11) is 0. The van der Waals surface area contributed by atoms with Crippen LogP contribution in [-0.4, -0.2) is 47.1 Å². The molecule has 3 aromatic rings. The van der Waals surface area contributed by atoms with E-state index >= 15 is 0 Å². The lowest BCUT2D eigenvalue weighted by Crippen LogP contribution is -2.35. The number of benzene rings is 2. The van der Waals surface area contributed by atoms with E-state index in [9.17, 15) is 4.79 Å². The van der Waals surface area contributed by atoms with E-state index in [4.69, 9.17) is 9.78 Å². The number of rotatable bonds is 3. The van der Waals surface area contributed by atoms with Crippen molar-refractivity contribution in [1.29, 1.82) is 5.26 Å². The molecule has 1 saturated heterocycles. The van der Waals surface area contributed by atoms with Crippen LogP contribution < -0.4 is 4.90 Å². The third-order valence-electron chi connectivity index (χ3n) is 5.63. The van der Waals surface area contributed by atoms with Crippen LogP contribution in [0.3, 0.4) is 0 Å². The van der Waals surface area contributed by atoms with Gasteiger partial charge in [0.15, 0.2) is 5.82 Å². The Balaban J connectivity index is 1.52. The number of nitriles is 1. The van der Waals surface area contributed by atoms with Crippen LogP contribution in [0, 0.1) is 11.3 Å². The van der Waals surface area contributed by atoms with E-state index in [1.54, 1.807) is 0 Å². The van der Waals surface area contributed by atoms with Crippen LogP contribution in [0.4, 0.5) is 5.69 Å². The van der Waals surface area contributed by atoms with E-state index in [1.165, 1.54) is 0 Å². The van der Waals surface area contributed by atoms with Gasteiger partial charge in [-0.05, 0) is 42.8 Å². The second kappa shape index (κ2) is 8.83. The van der Waals surface area contributed by atoms with E-state index in [2.05, 4.69) is 21.1 Å². The average Bonchev–Trinajstić information content (AvgIpc) is 3.18. The molecule has 0 radical (unpaired) electrons. The number of carbonyl (C=O) groups is 1. The Kier molecular flexibility index (Phi) is 5.95. The minimum Gasteiger partial charge on any atom is -0.370 e. The van der Waals surface area contributed by atoms with E-state index in [-0.39, 0.29) is 11.3 Å². The van der Waals surface area contributed by atoms with Gasteiger partial charge in [-0.1, -0.05) is 38.1 Å². The fraction of sp³-hybridized carbons (Fsp3) is 0.360. The molecular formula is C25H27N5O2. The van der Waals surface area contributed by atoms with Crippen molar-refractivity contribution in [2.24, 2.45) is 0 Å². The van der Waals surface area contributed by atoms with E-state index < -0.39 is 0 Å². The van der Waals surface area contributed by atoms with Gasteiger partial charge in [-0.2, -0.15) is 10.2 Å².